The molecule has 3 nitrogen and oxygen atoms in total. The first-order valence-corrected chi connectivity index (χ1v) is 9.51. The van der Waals surface area contributed by atoms with E-state index in [1.54, 1.807) is 13.0 Å². The smallest absolute Gasteiger partial charge is 0.416 e. The van der Waals surface area contributed by atoms with Gasteiger partial charge in [-0.25, -0.2) is 0 Å². The summed E-state index contributed by atoms with van der Waals surface area (Å²) in [5.74, 6) is 4.76. The Hall–Kier alpha value is -2.22. The lowest BCUT2D eigenvalue weighted by Crippen LogP contribution is -2.40. The lowest BCUT2D eigenvalue weighted by atomic mass is 9.98. The summed E-state index contributed by atoms with van der Waals surface area (Å²) in [5, 5.41) is 9.16. The van der Waals surface area contributed by atoms with Crippen molar-refractivity contribution in [1.82, 2.24) is 0 Å². The van der Waals surface area contributed by atoms with E-state index in [1.807, 2.05) is 6.07 Å². The van der Waals surface area contributed by atoms with Gasteiger partial charge in [-0.1, -0.05) is 11.8 Å². The summed E-state index contributed by atoms with van der Waals surface area (Å²) >= 11 is 1.38. The van der Waals surface area contributed by atoms with Crippen molar-refractivity contribution in [3.8, 4) is 17.6 Å². The van der Waals surface area contributed by atoms with Gasteiger partial charge in [0, 0.05) is 10.4 Å². The molecular weight excluding hydrogens is 432 g/mol. The molecule has 30 heavy (non-hydrogen) atoms. The highest BCUT2D eigenvalue weighted by molar-refractivity contribution is 7.12. The third-order valence-corrected chi connectivity index (χ3v) is 5.11. The normalized spacial score (nSPS) is 14.0. The summed E-state index contributed by atoms with van der Waals surface area (Å²) in [5.41, 5.74) is 2.29. The number of rotatable bonds is 6. The van der Waals surface area contributed by atoms with Gasteiger partial charge in [0.1, 0.15) is 12.4 Å². The summed E-state index contributed by atoms with van der Waals surface area (Å²) in [6.07, 6.45) is -8.67. The molecule has 1 unspecified atom stereocenters. The van der Waals surface area contributed by atoms with E-state index in [0.717, 1.165) is 4.88 Å². The maximum absolute atomic E-state index is 12.8. The van der Waals surface area contributed by atoms with Crippen LogP contribution in [-0.4, -0.2) is 23.9 Å². The van der Waals surface area contributed by atoms with Crippen LogP contribution >= 0.6 is 11.3 Å². The lowest BCUT2D eigenvalue weighted by Gasteiger charge is -2.20. The van der Waals surface area contributed by atoms with Gasteiger partial charge in [-0.3, -0.25) is 0 Å². The highest BCUT2D eigenvalue weighted by Crippen LogP contribution is 2.38. The Morgan fingerprint density at radius 3 is 2.17 bits per heavy atom. The molecule has 1 atom stereocenters. The summed E-state index contributed by atoms with van der Waals surface area (Å²) < 4.78 is 82.0. The van der Waals surface area contributed by atoms with Crippen molar-refractivity contribution >= 4 is 11.3 Å². The predicted octanol–water partition coefficient (Wildman–Crippen LogP) is 4.86. The highest BCUT2D eigenvalue weighted by atomic mass is 32.1. The molecule has 0 saturated heterocycles. The summed E-state index contributed by atoms with van der Waals surface area (Å²) in [7, 11) is 0. The van der Waals surface area contributed by atoms with Crippen molar-refractivity contribution in [2.24, 2.45) is 5.73 Å². The van der Waals surface area contributed by atoms with Crippen LogP contribution in [0.5, 0.6) is 5.75 Å². The minimum Gasteiger partial charge on any atom is -0.481 e. The Morgan fingerprint density at radius 2 is 1.63 bits per heavy atom. The van der Waals surface area contributed by atoms with Crippen LogP contribution in [0.3, 0.4) is 0 Å². The van der Waals surface area contributed by atoms with Gasteiger partial charge in [-0.05, 0) is 50.1 Å². The molecule has 0 saturated carbocycles. The average molecular weight is 451 g/mol. The topological polar surface area (TPSA) is 55.5 Å². The van der Waals surface area contributed by atoms with Crippen molar-refractivity contribution in [3.05, 3.63) is 51.2 Å². The zero-order valence-corrected chi connectivity index (χ0v) is 16.6. The van der Waals surface area contributed by atoms with E-state index in [9.17, 15) is 26.3 Å². The van der Waals surface area contributed by atoms with Gasteiger partial charge in [-0.2, -0.15) is 26.3 Å². The maximum Gasteiger partial charge on any atom is 0.416 e. The predicted molar refractivity (Wildman–Crippen MR) is 101 cm³/mol. The molecule has 164 valence electrons. The minimum atomic E-state index is -4.94. The van der Waals surface area contributed by atoms with Crippen LogP contribution in [-0.2, 0) is 18.8 Å². The molecule has 1 aromatic heterocycles. The van der Waals surface area contributed by atoms with Crippen molar-refractivity contribution < 1.29 is 36.2 Å². The molecule has 0 aliphatic rings. The number of halogens is 6. The molecule has 0 fully saturated rings. The number of benzene rings is 1. The number of aryl methyl sites for hydroxylation is 1. The van der Waals surface area contributed by atoms with Gasteiger partial charge in [0.25, 0.3) is 0 Å². The Morgan fingerprint density at radius 1 is 1.03 bits per heavy atom. The van der Waals surface area contributed by atoms with E-state index in [0.29, 0.717) is 29.9 Å². The number of thiophene rings is 1. The summed E-state index contributed by atoms with van der Waals surface area (Å²) in [6, 6.07) is 4.63. The molecule has 0 amide bonds. The number of hydrogen-bond acceptors (Lipinski definition) is 4. The van der Waals surface area contributed by atoms with Gasteiger partial charge in [0.05, 0.1) is 22.6 Å². The SMILES string of the molecule is CC(N)(CO)CCc1ccc(C#CCOc2cc(C(F)(F)F)cc(C(F)(F)F)c2)s1. The largest absolute Gasteiger partial charge is 0.481 e. The van der Waals surface area contributed by atoms with Crippen LogP contribution in [0.2, 0.25) is 0 Å². The van der Waals surface area contributed by atoms with Crippen LogP contribution < -0.4 is 10.5 Å². The van der Waals surface area contributed by atoms with E-state index < -0.39 is 34.8 Å². The summed E-state index contributed by atoms with van der Waals surface area (Å²) in [6.45, 7) is 1.21. The molecule has 1 heterocycles. The molecule has 0 spiro atoms. The van der Waals surface area contributed by atoms with Crippen molar-refractivity contribution in [2.75, 3.05) is 13.2 Å². The van der Waals surface area contributed by atoms with Crippen molar-refractivity contribution in [2.45, 2.75) is 37.7 Å². The second-order valence-electron chi connectivity index (χ2n) is 6.91. The fraction of sp³-hybridized carbons (Fsp3) is 0.400. The zero-order chi connectivity index (χ0) is 22.6. The van der Waals surface area contributed by atoms with Gasteiger partial charge >= 0.3 is 12.4 Å². The summed E-state index contributed by atoms with van der Waals surface area (Å²) in [4.78, 5) is 1.65. The first kappa shape index (κ1) is 24.1. The third-order valence-electron chi connectivity index (χ3n) is 4.05. The molecule has 1 aromatic carbocycles. The van der Waals surface area contributed by atoms with E-state index in [1.165, 1.54) is 11.3 Å². The molecule has 2 aromatic rings. The van der Waals surface area contributed by atoms with Crippen LogP contribution in [0.4, 0.5) is 26.3 Å². The second kappa shape index (κ2) is 9.29. The fourth-order valence-electron chi connectivity index (χ4n) is 2.32. The molecule has 0 aliphatic carbocycles. The van der Waals surface area contributed by atoms with Crippen LogP contribution in [0.1, 0.15) is 34.2 Å². The Kier molecular flexibility index (Phi) is 7.45. The number of ether oxygens (including phenoxy) is 1. The molecule has 10 heteroatoms. The molecule has 0 aliphatic heterocycles. The first-order valence-electron chi connectivity index (χ1n) is 8.70. The average Bonchev–Trinajstić information content (AvgIpc) is 3.10. The van der Waals surface area contributed by atoms with Gasteiger partial charge in [-0.15, -0.1) is 11.3 Å². The fourth-order valence-corrected chi connectivity index (χ4v) is 3.20. The van der Waals surface area contributed by atoms with Crippen molar-refractivity contribution in [3.63, 3.8) is 0 Å². The monoisotopic (exact) mass is 451 g/mol. The maximum atomic E-state index is 12.8. The standard InChI is InChI=1S/C20H19F6NO2S/c1-18(27,12-28)7-6-17-5-4-16(30-17)3-2-8-29-15-10-13(19(21,22)23)9-14(11-15)20(24,25)26/h4-5,9-11,28H,6-8,12,27H2,1H3. The molecular formula is C20H19F6NO2S. The lowest BCUT2D eigenvalue weighted by molar-refractivity contribution is -0.143. The van der Waals surface area contributed by atoms with E-state index in [-0.39, 0.29) is 19.3 Å². The Balaban J connectivity index is 2.04. The molecule has 2 rings (SSSR count). The van der Waals surface area contributed by atoms with Gasteiger partial charge in [0.2, 0.25) is 0 Å². The minimum absolute atomic E-state index is 0.0365. The number of nitrogens with two attached hydrogens (primary N) is 1. The third kappa shape index (κ3) is 7.23. The quantitative estimate of drug-likeness (QED) is 0.487. The number of aliphatic hydroxyl groups excluding tert-OH is 1. The molecule has 0 bridgehead atoms. The molecule has 0 radical (unpaired) electrons. The van der Waals surface area contributed by atoms with E-state index >= 15 is 0 Å². The number of hydrogen-bond donors (Lipinski definition) is 2. The first-order chi connectivity index (χ1) is 13.8. The van der Waals surface area contributed by atoms with Crippen LogP contribution in [0.15, 0.2) is 30.3 Å². The highest BCUT2D eigenvalue weighted by Gasteiger charge is 2.37. The Labute approximate surface area is 173 Å². The van der Waals surface area contributed by atoms with Gasteiger partial charge in [0.15, 0.2) is 0 Å². The number of alkyl halides is 6. The number of aliphatic hydroxyl groups is 1. The van der Waals surface area contributed by atoms with E-state index in [2.05, 4.69) is 11.8 Å². The Bertz CT molecular complexity index is 890. The second-order valence-corrected chi connectivity index (χ2v) is 8.08. The van der Waals surface area contributed by atoms with Crippen molar-refractivity contribution in [1.29, 1.82) is 0 Å². The zero-order valence-electron chi connectivity index (χ0n) is 15.8. The molecule has 3 N–H and O–H groups in total. The van der Waals surface area contributed by atoms with Crippen LogP contribution in [0, 0.1) is 11.8 Å². The van der Waals surface area contributed by atoms with E-state index in [4.69, 9.17) is 15.6 Å². The van der Waals surface area contributed by atoms with Gasteiger partial charge < -0.3 is 15.6 Å². The van der Waals surface area contributed by atoms with Crippen LogP contribution in [0.25, 0.3) is 0 Å².